The zero-order valence-corrected chi connectivity index (χ0v) is 10.1. The highest BCUT2D eigenvalue weighted by atomic mass is 15.1. The Balaban J connectivity index is 3.24. The summed E-state index contributed by atoms with van der Waals surface area (Å²) in [5.74, 6) is 0. The second-order valence-electron chi connectivity index (χ2n) is 3.93. The largest absolute Gasteiger partial charge is 0.197 e. The van der Waals surface area contributed by atoms with Crippen LogP contribution < -0.4 is 0 Å². The Bertz CT molecular complexity index is 132. The maximum Gasteiger partial charge on any atom is 0.0705 e. The molecule has 0 aromatic heterocycles. The maximum absolute atomic E-state index is 4.20. The van der Waals surface area contributed by atoms with Crippen molar-refractivity contribution in [3.63, 3.8) is 0 Å². The summed E-state index contributed by atoms with van der Waals surface area (Å²) >= 11 is 0. The Labute approximate surface area is 89.2 Å². The minimum absolute atomic E-state index is 0.478. The van der Waals surface area contributed by atoms with Gasteiger partial charge in [0.25, 0.3) is 0 Å². The van der Waals surface area contributed by atoms with E-state index in [0.717, 1.165) is 6.42 Å². The molecule has 0 aliphatic carbocycles. The van der Waals surface area contributed by atoms with Gasteiger partial charge in [0.15, 0.2) is 0 Å². The van der Waals surface area contributed by atoms with Crippen LogP contribution in [0.5, 0.6) is 0 Å². The van der Waals surface area contributed by atoms with Crippen LogP contribution in [-0.2, 0) is 0 Å². The van der Waals surface area contributed by atoms with E-state index in [0.29, 0.717) is 6.04 Å². The summed E-state index contributed by atoms with van der Waals surface area (Å²) in [6, 6.07) is 0.478. The first-order valence-electron chi connectivity index (χ1n) is 6.14. The molecule has 84 valence electrons. The third kappa shape index (κ3) is 8.21. The topological polar surface area (TPSA) is 24.7 Å². The third-order valence-corrected chi connectivity index (χ3v) is 2.64. The smallest absolute Gasteiger partial charge is 0.0705 e. The van der Waals surface area contributed by atoms with Gasteiger partial charge < -0.3 is 0 Å². The molecule has 0 saturated carbocycles. The molecule has 2 heteroatoms. The van der Waals surface area contributed by atoms with Crippen LogP contribution in [0.25, 0.3) is 0 Å². The number of nitrogens with zero attached hydrogens (tertiary/aromatic N) is 2. The minimum Gasteiger partial charge on any atom is -0.197 e. The van der Waals surface area contributed by atoms with Crippen molar-refractivity contribution in [3.05, 3.63) is 0 Å². The molecule has 1 atom stereocenters. The molecular weight excluding hydrogens is 172 g/mol. The average Bonchev–Trinajstić information content (AvgIpc) is 2.21. The normalized spacial score (nSPS) is 13.6. The van der Waals surface area contributed by atoms with Crippen molar-refractivity contribution >= 4 is 0 Å². The van der Waals surface area contributed by atoms with Crippen LogP contribution in [0.2, 0.25) is 0 Å². The summed E-state index contributed by atoms with van der Waals surface area (Å²) in [4.78, 5) is 0. The van der Waals surface area contributed by atoms with Gasteiger partial charge >= 0.3 is 0 Å². The first-order valence-corrected chi connectivity index (χ1v) is 6.14. The van der Waals surface area contributed by atoms with E-state index >= 15 is 0 Å². The van der Waals surface area contributed by atoms with Crippen molar-refractivity contribution in [2.45, 2.75) is 71.3 Å². The lowest BCUT2D eigenvalue weighted by atomic mass is 10.0. The van der Waals surface area contributed by atoms with Crippen LogP contribution in [0.1, 0.15) is 65.2 Å². The SMILES string of the molecule is CCCCCCCCC(CC)/N=N/C. The van der Waals surface area contributed by atoms with E-state index in [-0.39, 0.29) is 0 Å². The van der Waals surface area contributed by atoms with E-state index in [1.807, 2.05) is 0 Å². The van der Waals surface area contributed by atoms with Crippen molar-refractivity contribution < 1.29 is 0 Å². The van der Waals surface area contributed by atoms with Crippen LogP contribution in [-0.4, -0.2) is 13.1 Å². The third-order valence-electron chi connectivity index (χ3n) is 2.64. The first kappa shape index (κ1) is 13.6. The van der Waals surface area contributed by atoms with Gasteiger partial charge in [-0.05, 0) is 12.8 Å². The summed E-state index contributed by atoms with van der Waals surface area (Å²) in [7, 11) is 1.77. The summed E-state index contributed by atoms with van der Waals surface area (Å²) in [5.41, 5.74) is 0. The maximum atomic E-state index is 4.20. The van der Waals surface area contributed by atoms with Gasteiger partial charge in [-0.15, -0.1) is 0 Å². The van der Waals surface area contributed by atoms with Gasteiger partial charge in [-0.25, -0.2) is 0 Å². The molecule has 1 unspecified atom stereocenters. The molecule has 0 aliphatic heterocycles. The second kappa shape index (κ2) is 10.7. The van der Waals surface area contributed by atoms with Crippen LogP contribution in [0.15, 0.2) is 10.2 Å². The van der Waals surface area contributed by atoms with E-state index in [4.69, 9.17) is 0 Å². The predicted molar refractivity (Wildman–Crippen MR) is 62.9 cm³/mol. The molecule has 0 spiro atoms. The van der Waals surface area contributed by atoms with Crippen molar-refractivity contribution in [2.75, 3.05) is 7.05 Å². The second-order valence-corrected chi connectivity index (χ2v) is 3.93. The van der Waals surface area contributed by atoms with Crippen molar-refractivity contribution in [2.24, 2.45) is 10.2 Å². The number of unbranched alkanes of at least 4 members (excludes halogenated alkanes) is 5. The van der Waals surface area contributed by atoms with Gasteiger partial charge in [0.1, 0.15) is 0 Å². The zero-order chi connectivity index (χ0) is 10.6. The molecular formula is C12H26N2. The predicted octanol–water partition coefficient (Wildman–Crippen LogP) is 4.60. The highest BCUT2D eigenvalue weighted by molar-refractivity contribution is 4.61. The molecule has 0 bridgehead atoms. The Morgan fingerprint density at radius 2 is 1.57 bits per heavy atom. The molecule has 2 nitrogen and oxygen atoms in total. The number of rotatable bonds is 9. The fourth-order valence-corrected chi connectivity index (χ4v) is 1.67. The van der Waals surface area contributed by atoms with Crippen LogP contribution in [0.3, 0.4) is 0 Å². The van der Waals surface area contributed by atoms with Crippen molar-refractivity contribution in [1.29, 1.82) is 0 Å². The monoisotopic (exact) mass is 198 g/mol. The summed E-state index contributed by atoms with van der Waals surface area (Å²) in [5, 5.41) is 8.06. The Kier molecular flexibility index (Phi) is 10.4. The van der Waals surface area contributed by atoms with E-state index < -0.39 is 0 Å². The summed E-state index contributed by atoms with van der Waals surface area (Å²) in [6.45, 7) is 4.45. The Morgan fingerprint density at radius 1 is 0.929 bits per heavy atom. The molecule has 0 amide bonds. The highest BCUT2D eigenvalue weighted by Gasteiger charge is 2.02. The molecule has 0 saturated heterocycles. The lowest BCUT2D eigenvalue weighted by Gasteiger charge is -2.07. The molecule has 0 heterocycles. The molecule has 0 radical (unpaired) electrons. The number of hydrogen-bond donors (Lipinski definition) is 0. The fourth-order valence-electron chi connectivity index (χ4n) is 1.67. The Hall–Kier alpha value is -0.400. The van der Waals surface area contributed by atoms with Gasteiger partial charge in [0.05, 0.1) is 6.04 Å². The lowest BCUT2D eigenvalue weighted by molar-refractivity contribution is 0.513. The van der Waals surface area contributed by atoms with E-state index in [1.165, 1.54) is 44.9 Å². The number of azo groups is 1. The summed E-state index contributed by atoms with van der Waals surface area (Å²) < 4.78 is 0. The lowest BCUT2D eigenvalue weighted by Crippen LogP contribution is -2.01. The zero-order valence-electron chi connectivity index (χ0n) is 10.1. The van der Waals surface area contributed by atoms with Crippen LogP contribution in [0.4, 0.5) is 0 Å². The van der Waals surface area contributed by atoms with Gasteiger partial charge in [0.2, 0.25) is 0 Å². The fraction of sp³-hybridized carbons (Fsp3) is 1.00. The average molecular weight is 198 g/mol. The van der Waals surface area contributed by atoms with E-state index in [9.17, 15) is 0 Å². The van der Waals surface area contributed by atoms with Crippen LogP contribution >= 0.6 is 0 Å². The van der Waals surface area contributed by atoms with Gasteiger partial charge in [-0.3, -0.25) is 0 Å². The standard InChI is InChI=1S/C12H26N2/c1-4-6-7-8-9-10-11-12(5-2)14-13-3/h12H,4-11H2,1-3H3/b14-13+. The molecule has 14 heavy (non-hydrogen) atoms. The molecule has 0 aromatic rings. The quantitative estimate of drug-likeness (QED) is 0.382. The molecule has 0 fully saturated rings. The van der Waals surface area contributed by atoms with Gasteiger partial charge in [-0.2, -0.15) is 10.2 Å². The number of hydrogen-bond acceptors (Lipinski definition) is 2. The van der Waals surface area contributed by atoms with Crippen LogP contribution in [0, 0.1) is 0 Å². The molecule has 0 rings (SSSR count). The van der Waals surface area contributed by atoms with Crippen molar-refractivity contribution in [1.82, 2.24) is 0 Å². The Morgan fingerprint density at radius 3 is 2.14 bits per heavy atom. The van der Waals surface area contributed by atoms with E-state index in [1.54, 1.807) is 7.05 Å². The molecule has 0 N–H and O–H groups in total. The van der Waals surface area contributed by atoms with Gasteiger partial charge in [-0.1, -0.05) is 52.4 Å². The van der Waals surface area contributed by atoms with Gasteiger partial charge in [0, 0.05) is 7.05 Å². The molecule has 0 aliphatic rings. The van der Waals surface area contributed by atoms with E-state index in [2.05, 4.69) is 24.1 Å². The highest BCUT2D eigenvalue weighted by Crippen LogP contribution is 2.12. The molecule has 0 aromatic carbocycles. The summed E-state index contributed by atoms with van der Waals surface area (Å²) in [6.07, 6.45) is 10.6. The first-order chi connectivity index (χ1) is 6.85. The minimum atomic E-state index is 0.478. The van der Waals surface area contributed by atoms with Crippen molar-refractivity contribution in [3.8, 4) is 0 Å².